The SMILES string of the molecule is CCN(CC)CCN(C(=O)[C@@H]1COc2ccccc2O1)c1nc2c(F)cccc2s1. The highest BCUT2D eigenvalue weighted by Crippen LogP contribution is 2.34. The molecule has 0 spiro atoms. The van der Waals surface area contributed by atoms with Gasteiger partial charge in [0.2, 0.25) is 6.10 Å². The average molecular weight is 430 g/mol. The number of benzene rings is 2. The first kappa shape index (κ1) is 20.6. The molecule has 0 fully saturated rings. The maximum atomic E-state index is 14.2. The summed E-state index contributed by atoms with van der Waals surface area (Å²) in [5.41, 5.74) is 0.282. The molecule has 1 aromatic heterocycles. The largest absolute Gasteiger partial charge is 0.485 e. The molecule has 158 valence electrons. The minimum atomic E-state index is -0.784. The van der Waals surface area contributed by atoms with Crippen LogP contribution in [-0.2, 0) is 4.79 Å². The highest BCUT2D eigenvalue weighted by atomic mass is 32.1. The van der Waals surface area contributed by atoms with Gasteiger partial charge >= 0.3 is 0 Å². The molecule has 4 rings (SSSR count). The zero-order valence-electron chi connectivity index (χ0n) is 17.0. The van der Waals surface area contributed by atoms with E-state index in [0.29, 0.717) is 34.4 Å². The van der Waals surface area contributed by atoms with Crippen LogP contribution in [0.2, 0.25) is 0 Å². The third-order valence-corrected chi connectivity index (χ3v) is 6.22. The average Bonchev–Trinajstić information content (AvgIpc) is 3.21. The number of carbonyl (C=O) groups excluding carboxylic acids is 1. The summed E-state index contributed by atoms with van der Waals surface area (Å²) >= 11 is 1.30. The topological polar surface area (TPSA) is 54.9 Å². The maximum absolute atomic E-state index is 14.2. The number of thiazole rings is 1. The number of fused-ring (bicyclic) bond motifs is 2. The zero-order valence-corrected chi connectivity index (χ0v) is 17.8. The van der Waals surface area contributed by atoms with E-state index in [-0.39, 0.29) is 18.0 Å². The predicted molar refractivity (Wildman–Crippen MR) is 116 cm³/mol. The van der Waals surface area contributed by atoms with Gasteiger partial charge in [0.1, 0.15) is 17.9 Å². The molecule has 1 aliphatic rings. The van der Waals surface area contributed by atoms with Crippen LogP contribution in [0, 0.1) is 5.82 Å². The molecular formula is C22H24FN3O3S. The number of carbonyl (C=O) groups is 1. The van der Waals surface area contributed by atoms with E-state index in [4.69, 9.17) is 9.47 Å². The number of likely N-dealkylation sites (N-methyl/N-ethyl adjacent to an activating group) is 1. The first-order valence-electron chi connectivity index (χ1n) is 10.1. The number of ether oxygens (including phenoxy) is 2. The second-order valence-electron chi connectivity index (χ2n) is 6.96. The summed E-state index contributed by atoms with van der Waals surface area (Å²) in [6.07, 6.45) is -0.784. The van der Waals surface area contributed by atoms with Gasteiger partial charge in [-0.1, -0.05) is 43.4 Å². The molecule has 0 unspecified atom stereocenters. The Labute approximate surface area is 178 Å². The maximum Gasteiger partial charge on any atom is 0.273 e. The highest BCUT2D eigenvalue weighted by Gasteiger charge is 2.33. The predicted octanol–water partition coefficient (Wildman–Crippen LogP) is 3.95. The molecule has 0 saturated heterocycles. The first-order chi connectivity index (χ1) is 14.6. The molecule has 3 aromatic rings. The summed E-state index contributed by atoms with van der Waals surface area (Å²) in [4.78, 5) is 21.7. The molecule has 0 bridgehead atoms. The number of hydrogen-bond acceptors (Lipinski definition) is 6. The van der Waals surface area contributed by atoms with Crippen molar-refractivity contribution in [1.82, 2.24) is 9.88 Å². The number of para-hydroxylation sites is 3. The van der Waals surface area contributed by atoms with Gasteiger partial charge in [-0.15, -0.1) is 0 Å². The summed E-state index contributed by atoms with van der Waals surface area (Å²) in [7, 11) is 0. The molecule has 2 heterocycles. The molecule has 0 N–H and O–H groups in total. The Morgan fingerprint density at radius 3 is 2.63 bits per heavy atom. The lowest BCUT2D eigenvalue weighted by molar-refractivity contribution is -0.127. The fourth-order valence-corrected chi connectivity index (χ4v) is 4.43. The van der Waals surface area contributed by atoms with E-state index < -0.39 is 11.9 Å². The van der Waals surface area contributed by atoms with E-state index in [1.54, 1.807) is 17.0 Å². The minimum Gasteiger partial charge on any atom is -0.485 e. The van der Waals surface area contributed by atoms with Crippen molar-refractivity contribution < 1.29 is 18.7 Å². The van der Waals surface area contributed by atoms with Crippen molar-refractivity contribution in [3.8, 4) is 11.5 Å². The fraction of sp³-hybridized carbons (Fsp3) is 0.364. The molecule has 0 radical (unpaired) electrons. The summed E-state index contributed by atoms with van der Waals surface area (Å²) in [6, 6.07) is 12.1. The molecule has 0 saturated carbocycles. The summed E-state index contributed by atoms with van der Waals surface area (Å²) in [5, 5.41) is 0.467. The van der Waals surface area contributed by atoms with Crippen molar-refractivity contribution in [2.75, 3.05) is 37.7 Å². The van der Waals surface area contributed by atoms with E-state index in [2.05, 4.69) is 23.7 Å². The Balaban J connectivity index is 1.62. The lowest BCUT2D eigenvalue weighted by Gasteiger charge is -2.30. The standard InChI is InChI=1S/C22H24FN3O3S/c1-3-25(4-2)12-13-26(22-24-20-15(23)8-7-11-19(20)30-22)21(27)18-14-28-16-9-5-6-10-17(16)29-18/h5-11,18H,3-4,12-14H2,1-2H3/t18-/m0/s1. The van der Waals surface area contributed by atoms with Crippen molar-refractivity contribution in [3.63, 3.8) is 0 Å². The van der Waals surface area contributed by atoms with Crippen molar-refractivity contribution in [2.45, 2.75) is 20.0 Å². The Morgan fingerprint density at radius 2 is 1.90 bits per heavy atom. The number of anilines is 1. The van der Waals surface area contributed by atoms with Crippen LogP contribution in [0.15, 0.2) is 42.5 Å². The number of hydrogen-bond donors (Lipinski definition) is 0. The fourth-order valence-electron chi connectivity index (χ4n) is 3.42. The second kappa shape index (κ2) is 8.97. The van der Waals surface area contributed by atoms with Gasteiger partial charge in [-0.3, -0.25) is 9.69 Å². The Hall–Kier alpha value is -2.71. The molecule has 1 atom stereocenters. The van der Waals surface area contributed by atoms with Gasteiger partial charge in [-0.2, -0.15) is 0 Å². The van der Waals surface area contributed by atoms with E-state index in [1.165, 1.54) is 17.4 Å². The number of nitrogens with zero attached hydrogens (tertiary/aromatic N) is 3. The summed E-state index contributed by atoms with van der Waals surface area (Å²) in [6.45, 7) is 7.16. The van der Waals surface area contributed by atoms with E-state index in [0.717, 1.165) is 13.1 Å². The van der Waals surface area contributed by atoms with Gasteiger partial charge in [0, 0.05) is 13.1 Å². The molecule has 2 aromatic carbocycles. The molecular weight excluding hydrogens is 405 g/mol. The smallest absolute Gasteiger partial charge is 0.273 e. The van der Waals surface area contributed by atoms with E-state index in [9.17, 15) is 9.18 Å². The zero-order chi connectivity index (χ0) is 21.1. The quantitative estimate of drug-likeness (QED) is 0.569. The molecule has 1 aliphatic heterocycles. The third-order valence-electron chi connectivity index (χ3n) is 5.17. The molecule has 0 aliphatic carbocycles. The summed E-state index contributed by atoms with van der Waals surface area (Å²) < 4.78 is 26.6. The number of rotatable bonds is 7. The lowest BCUT2D eigenvalue weighted by Crippen LogP contribution is -2.48. The number of aromatic nitrogens is 1. The van der Waals surface area contributed by atoms with Crippen molar-refractivity contribution in [2.24, 2.45) is 0 Å². The second-order valence-corrected chi connectivity index (χ2v) is 7.97. The lowest BCUT2D eigenvalue weighted by atomic mass is 10.2. The highest BCUT2D eigenvalue weighted by molar-refractivity contribution is 7.22. The van der Waals surface area contributed by atoms with Crippen LogP contribution < -0.4 is 14.4 Å². The van der Waals surface area contributed by atoms with Gasteiger partial charge in [-0.05, 0) is 37.4 Å². The van der Waals surface area contributed by atoms with Gasteiger partial charge < -0.3 is 14.4 Å². The molecule has 8 heteroatoms. The van der Waals surface area contributed by atoms with Crippen LogP contribution in [0.3, 0.4) is 0 Å². The Morgan fingerprint density at radius 1 is 1.13 bits per heavy atom. The van der Waals surface area contributed by atoms with Crippen molar-refractivity contribution >= 4 is 32.6 Å². The molecule has 30 heavy (non-hydrogen) atoms. The van der Waals surface area contributed by atoms with E-state index >= 15 is 0 Å². The van der Waals surface area contributed by atoms with Gasteiger partial charge in [0.25, 0.3) is 5.91 Å². The van der Waals surface area contributed by atoms with Crippen LogP contribution in [0.5, 0.6) is 11.5 Å². The Bertz CT molecular complexity index is 1040. The third kappa shape index (κ3) is 4.11. The minimum absolute atomic E-state index is 0.122. The van der Waals surface area contributed by atoms with Crippen LogP contribution in [0.4, 0.5) is 9.52 Å². The van der Waals surface area contributed by atoms with E-state index in [1.807, 2.05) is 24.3 Å². The van der Waals surface area contributed by atoms with Gasteiger partial charge in [-0.25, -0.2) is 9.37 Å². The number of amides is 1. The normalized spacial score (nSPS) is 15.5. The van der Waals surface area contributed by atoms with Crippen molar-refractivity contribution in [3.05, 3.63) is 48.3 Å². The summed E-state index contributed by atoms with van der Waals surface area (Å²) in [5.74, 6) is 0.535. The van der Waals surface area contributed by atoms with Crippen LogP contribution in [0.25, 0.3) is 10.2 Å². The first-order valence-corrected chi connectivity index (χ1v) is 10.9. The monoisotopic (exact) mass is 429 g/mol. The van der Waals surface area contributed by atoms with Gasteiger partial charge in [0.15, 0.2) is 16.6 Å². The van der Waals surface area contributed by atoms with Crippen LogP contribution in [-0.4, -0.2) is 54.7 Å². The van der Waals surface area contributed by atoms with Crippen molar-refractivity contribution in [1.29, 1.82) is 0 Å². The van der Waals surface area contributed by atoms with Crippen LogP contribution in [0.1, 0.15) is 13.8 Å². The van der Waals surface area contributed by atoms with Crippen LogP contribution >= 0.6 is 11.3 Å². The molecule has 6 nitrogen and oxygen atoms in total. The Kier molecular flexibility index (Phi) is 6.15. The van der Waals surface area contributed by atoms with Gasteiger partial charge in [0.05, 0.1) is 4.70 Å². The molecule has 1 amide bonds. The number of halogens is 1.